The quantitative estimate of drug-likeness (QED) is 0.856. The highest BCUT2D eigenvalue weighted by molar-refractivity contribution is 5.77. The van der Waals surface area contributed by atoms with Crippen molar-refractivity contribution in [2.75, 3.05) is 32.9 Å². The van der Waals surface area contributed by atoms with Crippen LogP contribution >= 0.6 is 0 Å². The van der Waals surface area contributed by atoms with Gasteiger partial charge in [0.25, 0.3) is 5.91 Å². The molecule has 0 atom stereocenters. The average molecular weight is 319 g/mol. The fraction of sp³-hybridized carbons (Fsp3) is 0.611. The van der Waals surface area contributed by atoms with E-state index in [1.807, 2.05) is 29.2 Å². The first-order chi connectivity index (χ1) is 11.1. The van der Waals surface area contributed by atoms with Crippen molar-refractivity contribution in [1.82, 2.24) is 4.90 Å². The summed E-state index contributed by atoms with van der Waals surface area (Å²) in [5.41, 5.74) is 1.27. The second-order valence-corrected chi connectivity index (χ2v) is 6.50. The number of likely N-dealkylation sites (tertiary alicyclic amines) is 1. The molecule has 0 aliphatic carbocycles. The lowest BCUT2D eigenvalue weighted by Crippen LogP contribution is -2.48. The molecule has 0 unspecified atom stereocenters. The van der Waals surface area contributed by atoms with Gasteiger partial charge in [-0.15, -0.1) is 0 Å². The van der Waals surface area contributed by atoms with Crippen LogP contribution in [0.3, 0.4) is 0 Å². The predicted octanol–water partition coefficient (Wildman–Crippen LogP) is 2.55. The maximum atomic E-state index is 12.3. The smallest absolute Gasteiger partial charge is 0.260 e. The highest BCUT2D eigenvalue weighted by Gasteiger charge is 2.40. The van der Waals surface area contributed by atoms with E-state index in [0.717, 1.165) is 18.6 Å². The second-order valence-electron chi connectivity index (χ2n) is 6.50. The molecule has 0 N–H and O–H groups in total. The Labute approximate surface area is 137 Å². The zero-order chi connectivity index (χ0) is 16.3. The standard InChI is InChI=1S/C18H25NO4/c1-14(2)15-3-5-16(6-4-15)21-13-17(20)19-9-7-18(8-10-19)22-11-12-23-18/h3-6,14H,7-13H2,1-2H3. The van der Waals surface area contributed by atoms with Crippen molar-refractivity contribution in [3.8, 4) is 5.75 Å². The first-order valence-electron chi connectivity index (χ1n) is 8.36. The molecule has 0 aromatic heterocycles. The molecule has 2 aliphatic heterocycles. The van der Waals surface area contributed by atoms with Crippen molar-refractivity contribution in [3.63, 3.8) is 0 Å². The number of nitrogens with zero attached hydrogens (tertiary/aromatic N) is 1. The normalized spacial score (nSPS) is 20.2. The molecule has 2 fully saturated rings. The molecule has 5 nitrogen and oxygen atoms in total. The van der Waals surface area contributed by atoms with Crippen LogP contribution in [0.2, 0.25) is 0 Å². The molecule has 1 aromatic carbocycles. The highest BCUT2D eigenvalue weighted by atomic mass is 16.7. The second kappa shape index (κ2) is 6.89. The summed E-state index contributed by atoms with van der Waals surface area (Å²) in [7, 11) is 0. The lowest BCUT2D eigenvalue weighted by Gasteiger charge is -2.37. The van der Waals surface area contributed by atoms with Crippen LogP contribution in [-0.4, -0.2) is 49.5 Å². The minimum absolute atomic E-state index is 0.0192. The zero-order valence-electron chi connectivity index (χ0n) is 13.9. The molecular weight excluding hydrogens is 294 g/mol. The summed E-state index contributed by atoms with van der Waals surface area (Å²) in [4.78, 5) is 14.1. The minimum atomic E-state index is -0.440. The van der Waals surface area contributed by atoms with Crippen LogP contribution in [0.15, 0.2) is 24.3 Å². The first kappa shape index (κ1) is 16.3. The van der Waals surface area contributed by atoms with Crippen molar-refractivity contribution in [1.29, 1.82) is 0 Å². The molecule has 1 spiro atoms. The molecule has 2 heterocycles. The van der Waals surface area contributed by atoms with Crippen molar-refractivity contribution in [2.45, 2.75) is 38.4 Å². The molecule has 1 amide bonds. The Kier molecular flexibility index (Phi) is 4.87. The number of benzene rings is 1. The zero-order valence-corrected chi connectivity index (χ0v) is 13.9. The van der Waals surface area contributed by atoms with E-state index in [0.29, 0.717) is 32.2 Å². The van der Waals surface area contributed by atoms with E-state index in [-0.39, 0.29) is 12.5 Å². The summed E-state index contributed by atoms with van der Waals surface area (Å²) in [5.74, 6) is 0.806. The highest BCUT2D eigenvalue weighted by Crippen LogP contribution is 2.31. The maximum absolute atomic E-state index is 12.3. The summed E-state index contributed by atoms with van der Waals surface area (Å²) < 4.78 is 17.0. The van der Waals surface area contributed by atoms with Crippen LogP contribution in [0.25, 0.3) is 0 Å². The molecule has 3 rings (SSSR count). The number of rotatable bonds is 4. The van der Waals surface area contributed by atoms with E-state index in [2.05, 4.69) is 13.8 Å². The summed E-state index contributed by atoms with van der Waals surface area (Å²) in [6.45, 7) is 7.02. The predicted molar refractivity (Wildman–Crippen MR) is 86.5 cm³/mol. The van der Waals surface area contributed by atoms with Crippen molar-refractivity contribution < 1.29 is 19.0 Å². The molecule has 0 bridgehead atoms. The Morgan fingerprint density at radius 3 is 2.35 bits per heavy atom. The fourth-order valence-corrected chi connectivity index (χ4v) is 3.07. The lowest BCUT2D eigenvalue weighted by molar-refractivity contribution is -0.187. The van der Waals surface area contributed by atoms with Gasteiger partial charge < -0.3 is 19.1 Å². The van der Waals surface area contributed by atoms with Gasteiger partial charge in [0.15, 0.2) is 12.4 Å². The van der Waals surface area contributed by atoms with Gasteiger partial charge in [-0.3, -0.25) is 4.79 Å². The van der Waals surface area contributed by atoms with Crippen molar-refractivity contribution in [2.24, 2.45) is 0 Å². The third kappa shape index (κ3) is 3.85. The Hall–Kier alpha value is -1.59. The first-order valence-corrected chi connectivity index (χ1v) is 8.36. The number of hydrogen-bond acceptors (Lipinski definition) is 4. The number of carbonyl (C=O) groups is 1. The van der Waals surface area contributed by atoms with Gasteiger partial charge in [0.1, 0.15) is 5.75 Å². The Morgan fingerprint density at radius 2 is 1.78 bits per heavy atom. The Morgan fingerprint density at radius 1 is 1.17 bits per heavy atom. The molecule has 23 heavy (non-hydrogen) atoms. The molecule has 2 saturated heterocycles. The largest absolute Gasteiger partial charge is 0.484 e. The SMILES string of the molecule is CC(C)c1ccc(OCC(=O)N2CCC3(CC2)OCCO3)cc1. The number of piperidine rings is 1. The van der Waals surface area contributed by atoms with E-state index in [1.165, 1.54) is 5.56 Å². The van der Waals surface area contributed by atoms with E-state index in [1.54, 1.807) is 0 Å². The van der Waals surface area contributed by atoms with Gasteiger partial charge in [-0.05, 0) is 23.6 Å². The molecule has 126 valence electrons. The monoisotopic (exact) mass is 319 g/mol. The fourth-order valence-electron chi connectivity index (χ4n) is 3.07. The van der Waals surface area contributed by atoms with Crippen molar-refractivity contribution in [3.05, 3.63) is 29.8 Å². The Balaban J connectivity index is 1.46. The van der Waals surface area contributed by atoms with Crippen LogP contribution in [0, 0.1) is 0 Å². The van der Waals surface area contributed by atoms with Crippen LogP contribution in [-0.2, 0) is 14.3 Å². The van der Waals surface area contributed by atoms with Crippen LogP contribution in [0.4, 0.5) is 0 Å². The van der Waals surface area contributed by atoms with E-state index >= 15 is 0 Å². The van der Waals surface area contributed by atoms with Gasteiger partial charge in [-0.25, -0.2) is 0 Å². The number of carbonyl (C=O) groups excluding carboxylic acids is 1. The molecule has 0 radical (unpaired) electrons. The molecule has 1 aromatic rings. The summed E-state index contributed by atoms with van der Waals surface area (Å²) in [6.07, 6.45) is 1.48. The van der Waals surface area contributed by atoms with Gasteiger partial charge in [0, 0.05) is 25.9 Å². The molecule has 2 aliphatic rings. The van der Waals surface area contributed by atoms with E-state index < -0.39 is 5.79 Å². The van der Waals surface area contributed by atoms with Gasteiger partial charge in [-0.1, -0.05) is 26.0 Å². The van der Waals surface area contributed by atoms with Gasteiger partial charge in [0.2, 0.25) is 0 Å². The lowest BCUT2D eigenvalue weighted by atomic mass is 10.0. The van der Waals surface area contributed by atoms with Crippen molar-refractivity contribution >= 4 is 5.91 Å². The number of amides is 1. The number of ether oxygens (including phenoxy) is 3. The molecule has 5 heteroatoms. The number of hydrogen-bond donors (Lipinski definition) is 0. The van der Waals surface area contributed by atoms with Gasteiger partial charge in [0.05, 0.1) is 13.2 Å². The summed E-state index contributed by atoms with van der Waals surface area (Å²) >= 11 is 0. The average Bonchev–Trinajstić information content (AvgIpc) is 3.02. The van der Waals surface area contributed by atoms with Crippen LogP contribution in [0.1, 0.15) is 38.2 Å². The van der Waals surface area contributed by atoms with Crippen LogP contribution < -0.4 is 4.74 Å². The maximum Gasteiger partial charge on any atom is 0.260 e. The van der Waals surface area contributed by atoms with E-state index in [9.17, 15) is 4.79 Å². The van der Waals surface area contributed by atoms with Gasteiger partial charge in [-0.2, -0.15) is 0 Å². The summed E-state index contributed by atoms with van der Waals surface area (Å²) in [6, 6.07) is 7.94. The third-order valence-corrected chi connectivity index (χ3v) is 4.60. The minimum Gasteiger partial charge on any atom is -0.484 e. The topological polar surface area (TPSA) is 48.0 Å². The third-order valence-electron chi connectivity index (χ3n) is 4.60. The van der Waals surface area contributed by atoms with E-state index in [4.69, 9.17) is 14.2 Å². The molecular formula is C18H25NO4. The Bertz CT molecular complexity index is 524. The van der Waals surface area contributed by atoms with Crippen LogP contribution in [0.5, 0.6) is 5.75 Å². The summed E-state index contributed by atoms with van der Waals surface area (Å²) in [5, 5.41) is 0. The van der Waals surface area contributed by atoms with Gasteiger partial charge >= 0.3 is 0 Å². The molecule has 0 saturated carbocycles.